The van der Waals surface area contributed by atoms with Crippen molar-refractivity contribution in [2.75, 3.05) is 0 Å². The van der Waals surface area contributed by atoms with Gasteiger partial charge in [0.25, 0.3) is 0 Å². The third-order valence-corrected chi connectivity index (χ3v) is 1.81. The van der Waals surface area contributed by atoms with E-state index in [4.69, 9.17) is 0 Å². The lowest BCUT2D eigenvalue weighted by Crippen LogP contribution is -2.25. The highest BCUT2D eigenvalue weighted by atomic mass is 16.2. The second-order valence-corrected chi connectivity index (χ2v) is 2.51. The maximum atomic E-state index is 10.8. The molecule has 1 saturated carbocycles. The summed E-state index contributed by atoms with van der Waals surface area (Å²) in [5.41, 5.74) is 0. The van der Waals surface area contributed by atoms with Crippen LogP contribution in [0.1, 0.15) is 26.2 Å². The van der Waals surface area contributed by atoms with Gasteiger partial charge in [-0.05, 0) is 13.3 Å². The first-order valence-electron chi connectivity index (χ1n) is 3.27. The summed E-state index contributed by atoms with van der Waals surface area (Å²) in [6.07, 6.45) is 1.97. The summed E-state index contributed by atoms with van der Waals surface area (Å²) >= 11 is 0. The molecule has 1 fully saturated rings. The van der Waals surface area contributed by atoms with Crippen molar-refractivity contribution in [3.05, 3.63) is 0 Å². The first-order chi connectivity index (χ1) is 4.22. The van der Waals surface area contributed by atoms with E-state index in [-0.39, 0.29) is 17.5 Å². The lowest BCUT2D eigenvalue weighted by molar-refractivity contribution is -0.134. The van der Waals surface area contributed by atoms with Gasteiger partial charge in [-0.15, -0.1) is 0 Å². The van der Waals surface area contributed by atoms with Crippen LogP contribution in [0.4, 0.5) is 0 Å². The predicted octanol–water partition coefficient (Wildman–Crippen LogP) is 0.945. The van der Waals surface area contributed by atoms with E-state index >= 15 is 0 Å². The summed E-state index contributed by atoms with van der Waals surface area (Å²) in [7, 11) is 0. The number of carbonyl (C=O) groups is 2. The first kappa shape index (κ1) is 6.46. The largest absolute Gasteiger partial charge is 0.299 e. The normalized spacial score (nSPS) is 22.8. The summed E-state index contributed by atoms with van der Waals surface area (Å²) in [6, 6.07) is 0. The smallest absolute Gasteiger partial charge is 0.143 e. The van der Waals surface area contributed by atoms with Crippen LogP contribution in [0.15, 0.2) is 0 Å². The Morgan fingerprint density at radius 1 is 1.22 bits per heavy atom. The van der Waals surface area contributed by atoms with Crippen molar-refractivity contribution in [1.29, 1.82) is 0 Å². The van der Waals surface area contributed by atoms with Crippen molar-refractivity contribution in [3.63, 3.8) is 0 Å². The highest BCUT2D eigenvalue weighted by molar-refractivity contribution is 6.03. The Kier molecular flexibility index (Phi) is 1.65. The van der Waals surface area contributed by atoms with Crippen LogP contribution in [0.5, 0.6) is 0 Å². The van der Waals surface area contributed by atoms with Crippen LogP contribution in [-0.4, -0.2) is 11.6 Å². The van der Waals surface area contributed by atoms with Crippen LogP contribution >= 0.6 is 0 Å². The summed E-state index contributed by atoms with van der Waals surface area (Å²) in [4.78, 5) is 21.6. The average Bonchev–Trinajstić information content (AvgIpc) is 1.83. The Morgan fingerprint density at radius 2 is 1.67 bits per heavy atom. The predicted molar refractivity (Wildman–Crippen MR) is 33.0 cm³/mol. The Morgan fingerprint density at radius 3 is 2.00 bits per heavy atom. The zero-order chi connectivity index (χ0) is 6.85. The Hall–Kier alpha value is -0.660. The number of Topliss-reactive ketones (excluding diaryl/α,β-unsaturated/α-hetero) is 2. The van der Waals surface area contributed by atoms with Crippen LogP contribution in [0.2, 0.25) is 0 Å². The minimum Gasteiger partial charge on any atom is -0.299 e. The van der Waals surface area contributed by atoms with Gasteiger partial charge in [0, 0.05) is 12.8 Å². The van der Waals surface area contributed by atoms with Crippen LogP contribution in [0, 0.1) is 5.92 Å². The van der Waals surface area contributed by atoms with Gasteiger partial charge in [-0.3, -0.25) is 9.59 Å². The molecule has 0 bridgehead atoms. The third-order valence-electron chi connectivity index (χ3n) is 1.81. The molecule has 50 valence electrons. The van der Waals surface area contributed by atoms with Crippen LogP contribution in [-0.2, 0) is 9.59 Å². The number of hydrogen-bond donors (Lipinski definition) is 0. The van der Waals surface area contributed by atoms with E-state index in [1.165, 1.54) is 0 Å². The standard InChI is InChI=1S/C7H10O2/c1-5-6(8)3-2-4-7(5)9/h5H,2-4H2,1H3/i1+1,5+1. The van der Waals surface area contributed by atoms with Crippen LogP contribution < -0.4 is 0 Å². The number of rotatable bonds is 0. The third kappa shape index (κ3) is 1.18. The van der Waals surface area contributed by atoms with E-state index in [1.807, 2.05) is 0 Å². The molecule has 1 aliphatic rings. The number of ketones is 2. The van der Waals surface area contributed by atoms with Crippen molar-refractivity contribution in [2.24, 2.45) is 5.92 Å². The van der Waals surface area contributed by atoms with Gasteiger partial charge in [0.05, 0.1) is 5.92 Å². The Labute approximate surface area is 54.2 Å². The number of hydrogen-bond acceptors (Lipinski definition) is 2. The molecule has 0 heterocycles. The van der Waals surface area contributed by atoms with Crippen molar-refractivity contribution in [1.82, 2.24) is 0 Å². The first-order valence-corrected chi connectivity index (χ1v) is 3.27. The molecule has 0 aromatic heterocycles. The molecular formula is C7H10O2. The second kappa shape index (κ2) is 2.29. The summed E-state index contributed by atoms with van der Waals surface area (Å²) < 4.78 is 0. The molecule has 0 atom stereocenters. The van der Waals surface area contributed by atoms with Crippen LogP contribution in [0.25, 0.3) is 0 Å². The molecule has 2 nitrogen and oxygen atoms in total. The SMILES string of the molecule is [13CH3][13CH]1C(=O)CCCC1=O. The molecule has 9 heavy (non-hydrogen) atoms. The molecular weight excluding hydrogens is 118 g/mol. The fourth-order valence-electron chi connectivity index (χ4n) is 1.05. The van der Waals surface area contributed by atoms with E-state index in [2.05, 4.69) is 0 Å². The molecule has 0 radical (unpaired) electrons. The zero-order valence-electron chi connectivity index (χ0n) is 5.52. The van der Waals surface area contributed by atoms with Gasteiger partial charge in [0.1, 0.15) is 11.6 Å². The van der Waals surface area contributed by atoms with Gasteiger partial charge >= 0.3 is 0 Å². The molecule has 0 amide bonds. The second-order valence-electron chi connectivity index (χ2n) is 2.51. The lowest BCUT2D eigenvalue weighted by atomic mass is 10.1. The molecule has 0 aromatic rings. The summed E-state index contributed by atoms with van der Waals surface area (Å²) in [5.74, 6) is -0.0729. The maximum absolute atomic E-state index is 10.8. The zero-order valence-corrected chi connectivity index (χ0v) is 5.52. The van der Waals surface area contributed by atoms with Gasteiger partial charge < -0.3 is 0 Å². The highest BCUT2D eigenvalue weighted by Crippen LogP contribution is 2.15. The molecule has 0 N–H and O–H groups in total. The molecule has 0 aromatic carbocycles. The quantitative estimate of drug-likeness (QED) is 0.359. The Bertz CT molecular complexity index is 133. The number of carbonyl (C=O) groups excluding carboxylic acids is 2. The highest BCUT2D eigenvalue weighted by Gasteiger charge is 2.24. The van der Waals surface area contributed by atoms with Gasteiger partial charge in [-0.2, -0.15) is 0 Å². The monoisotopic (exact) mass is 128 g/mol. The average molecular weight is 128 g/mol. The Balaban J connectivity index is 2.62. The fraction of sp³-hybridized carbons (Fsp3) is 0.714. The van der Waals surface area contributed by atoms with E-state index in [0.717, 1.165) is 6.42 Å². The fourth-order valence-corrected chi connectivity index (χ4v) is 1.05. The van der Waals surface area contributed by atoms with E-state index in [9.17, 15) is 9.59 Å². The topological polar surface area (TPSA) is 34.1 Å². The van der Waals surface area contributed by atoms with Gasteiger partial charge in [0.15, 0.2) is 0 Å². The van der Waals surface area contributed by atoms with Gasteiger partial charge in [-0.25, -0.2) is 0 Å². The van der Waals surface area contributed by atoms with Crippen LogP contribution in [0.3, 0.4) is 0 Å². The van der Waals surface area contributed by atoms with Gasteiger partial charge in [0.2, 0.25) is 0 Å². The van der Waals surface area contributed by atoms with Crippen molar-refractivity contribution in [2.45, 2.75) is 26.2 Å². The minimum absolute atomic E-state index is 0.117. The lowest BCUT2D eigenvalue weighted by Gasteiger charge is -2.13. The molecule has 1 aliphatic carbocycles. The molecule has 2 heteroatoms. The van der Waals surface area contributed by atoms with E-state index in [0.29, 0.717) is 12.8 Å². The summed E-state index contributed by atoms with van der Waals surface area (Å²) in [5, 5.41) is 0. The van der Waals surface area contributed by atoms with Crippen molar-refractivity contribution >= 4 is 11.6 Å². The molecule has 1 rings (SSSR count). The van der Waals surface area contributed by atoms with E-state index < -0.39 is 0 Å². The van der Waals surface area contributed by atoms with Crippen molar-refractivity contribution < 1.29 is 9.59 Å². The maximum Gasteiger partial charge on any atom is 0.143 e. The van der Waals surface area contributed by atoms with Crippen molar-refractivity contribution in [3.8, 4) is 0 Å². The van der Waals surface area contributed by atoms with Gasteiger partial charge in [-0.1, -0.05) is 0 Å². The minimum atomic E-state index is -0.307. The molecule has 0 saturated heterocycles. The van der Waals surface area contributed by atoms with E-state index in [1.54, 1.807) is 6.92 Å². The molecule has 0 unspecified atom stereocenters. The molecule has 0 aliphatic heterocycles. The summed E-state index contributed by atoms with van der Waals surface area (Å²) in [6.45, 7) is 1.70. The molecule has 0 spiro atoms.